The first-order valence-electron chi connectivity index (χ1n) is 28.8. The van der Waals surface area contributed by atoms with Crippen LogP contribution < -0.4 is 35.0 Å². The SMILES string of the molecule is CC(C)=O.CC(CN=Cc1ccccc1[O-])(CN=Cc1ccccc1[O-])CN=Cc1ccccc1[O-].CO.COc1c2cc(C(C)(C)C)cc1Sc1cc(C(C)(C)C)cc(c1[O-])Sc1cc(C(C)(C)C)cc(c1OC)Sc1cc(C(C)(C)C)cc(c1[O-])S2.[Gd+3].[Ni+2]. The van der Waals surface area contributed by atoms with Gasteiger partial charge in [-0.2, -0.15) is 0 Å². The number of ketones is 1. The van der Waals surface area contributed by atoms with Crippen LogP contribution in [0.4, 0.5) is 0 Å². The number of carbonyl (C=O) groups excluding carboxylic acids is 1. The number of aliphatic hydroxyl groups excluding tert-OH is 1. The van der Waals surface area contributed by atoms with Gasteiger partial charge in [0.05, 0.1) is 33.8 Å². The van der Waals surface area contributed by atoms with Gasteiger partial charge in [-0.25, -0.2) is 0 Å². The van der Waals surface area contributed by atoms with Crippen molar-refractivity contribution in [3.8, 4) is 40.2 Å². The van der Waals surface area contributed by atoms with Crippen LogP contribution in [0.2, 0.25) is 0 Å². The van der Waals surface area contributed by atoms with E-state index in [9.17, 15) is 30.3 Å². The number of aliphatic imine (C=N–C) groups is 3. The van der Waals surface area contributed by atoms with Gasteiger partial charge in [0.2, 0.25) is 0 Å². The Morgan fingerprint density at radius 2 is 0.622 bits per heavy atom. The zero-order valence-electron chi connectivity index (χ0n) is 54.8. The van der Waals surface area contributed by atoms with Crippen LogP contribution >= 0.6 is 47.0 Å². The Balaban J connectivity index is 0.000000456. The Hall–Kier alpha value is -5.00. The number of Topliss-reactive ketones (excluding diaryl/α,β-unsaturated/α-hetero) is 1. The standard InChI is InChI=1S/C42H52O4S4.C26H27N3O3.C3H6O.CH4O.Gd.Ni/c1-39(2,3)23-15-27-35(43)28(16-23)48-32-20-26(42(10,11)12)22-34(38(32)46-14)50-30-18-24(40(4,5)6)17-29(36(30)44)49-33-21-25(41(7,8)9)19-31(47-27)37(33)45-13;1-26(17-27-14-20-8-2-5-11-23(20)30,18-28-15-21-9-3-6-12-24(21)31)19-29-16-22-10-4-7-13-25(22)32;1-3(2)4;1-2;;/h15-22,43-44H,1-14H3;2-16,30-32H,17-19H2,1H3;1-2H3;2H,1H3;;/q;;;;+3;+2/p-5. The Morgan fingerprint density at radius 1 is 0.422 bits per heavy atom. The largest absolute Gasteiger partial charge is 3.00 e. The van der Waals surface area contributed by atoms with Gasteiger partial charge in [0.15, 0.2) is 0 Å². The van der Waals surface area contributed by atoms with Crippen LogP contribution in [-0.2, 0) is 42.9 Å². The van der Waals surface area contributed by atoms with Crippen molar-refractivity contribution in [3.05, 3.63) is 160 Å². The molecule has 1 aliphatic heterocycles. The summed E-state index contributed by atoms with van der Waals surface area (Å²) in [6.45, 7) is 32.3. The Bertz CT molecular complexity index is 3260. The summed E-state index contributed by atoms with van der Waals surface area (Å²) in [5.41, 5.74) is 4.64. The fourth-order valence-corrected chi connectivity index (χ4v) is 13.2. The summed E-state index contributed by atoms with van der Waals surface area (Å²) in [7, 11) is 4.33. The molecule has 0 aromatic heterocycles. The molecule has 90 heavy (non-hydrogen) atoms. The molecule has 1 aliphatic rings. The summed E-state index contributed by atoms with van der Waals surface area (Å²) in [5, 5.41) is 71.8. The van der Waals surface area contributed by atoms with Gasteiger partial charge in [-0.15, -0.1) is 17.2 Å². The summed E-state index contributed by atoms with van der Waals surface area (Å²) in [4.78, 5) is 28.8. The Morgan fingerprint density at radius 3 is 0.811 bits per heavy atom. The third-order valence-corrected chi connectivity index (χ3v) is 17.9. The molecule has 1 heterocycles. The number of rotatable bonds is 11. The van der Waals surface area contributed by atoms with Crippen molar-refractivity contribution in [1.82, 2.24) is 0 Å². The van der Waals surface area contributed by atoms with Gasteiger partial charge < -0.3 is 44.9 Å². The van der Waals surface area contributed by atoms with Crippen molar-refractivity contribution >= 4 is 71.5 Å². The fraction of sp³-hybridized carbons (Fsp3) is 0.361. The Kier molecular flexibility index (Phi) is 30.6. The van der Waals surface area contributed by atoms with Crippen LogP contribution in [0, 0.1) is 45.4 Å². The second kappa shape index (κ2) is 34.8. The van der Waals surface area contributed by atoms with E-state index in [-0.39, 0.29) is 113 Å². The molecule has 8 rings (SSSR count). The van der Waals surface area contributed by atoms with Crippen LogP contribution in [0.5, 0.6) is 40.2 Å². The van der Waals surface area contributed by atoms with E-state index in [1.807, 2.05) is 31.2 Å². The van der Waals surface area contributed by atoms with E-state index in [4.69, 9.17) is 14.6 Å². The predicted molar refractivity (Wildman–Crippen MR) is 357 cm³/mol. The maximum Gasteiger partial charge on any atom is 3.00 e. The van der Waals surface area contributed by atoms with Gasteiger partial charge in [0.1, 0.15) is 17.3 Å². The van der Waals surface area contributed by atoms with E-state index < -0.39 is 5.41 Å². The molecule has 0 fully saturated rings. The minimum atomic E-state index is -0.475. The number of carbonyl (C=O) groups is 1. The van der Waals surface area contributed by atoms with Gasteiger partial charge in [-0.1, -0.05) is 221 Å². The molecular formula is C72H84GdN3NiO9S4. The zero-order valence-corrected chi connectivity index (χ0v) is 61.3. The van der Waals surface area contributed by atoms with Crippen LogP contribution in [-0.4, -0.2) is 70.5 Å². The van der Waals surface area contributed by atoms with Crippen molar-refractivity contribution in [3.63, 3.8) is 0 Å². The number of aliphatic hydroxyl groups is 1. The maximum atomic E-state index is 14.5. The molecule has 18 heteroatoms. The van der Waals surface area contributed by atoms with Crippen molar-refractivity contribution in [2.45, 2.75) is 165 Å². The molecule has 12 nitrogen and oxygen atoms in total. The summed E-state index contributed by atoms with van der Waals surface area (Å²) >= 11 is 5.77. The first-order chi connectivity index (χ1) is 41.2. The first-order valence-corrected chi connectivity index (χ1v) is 32.0. The van der Waals surface area contributed by atoms with Gasteiger partial charge in [-0.05, 0) is 123 Å². The van der Waals surface area contributed by atoms with Crippen LogP contribution in [0.3, 0.4) is 0 Å². The van der Waals surface area contributed by atoms with E-state index in [2.05, 4.69) is 122 Å². The minimum absolute atomic E-state index is 0. The molecule has 483 valence electrons. The van der Waals surface area contributed by atoms with Crippen molar-refractivity contribution in [1.29, 1.82) is 0 Å². The third kappa shape index (κ3) is 22.6. The molecule has 7 aromatic carbocycles. The number of benzene rings is 7. The number of hydrogen-bond donors (Lipinski definition) is 1. The summed E-state index contributed by atoms with van der Waals surface area (Å²) in [6, 6.07) is 36.8. The molecule has 1 radical (unpaired) electrons. The van der Waals surface area contributed by atoms with Gasteiger partial charge in [0, 0.05) is 70.4 Å². The second-order valence-electron chi connectivity index (χ2n) is 25.8. The number of fused-ring (bicyclic) bond motifs is 8. The van der Waals surface area contributed by atoms with E-state index in [0.29, 0.717) is 67.4 Å². The number of nitrogens with zero attached hydrogens (tertiary/aromatic N) is 3. The van der Waals surface area contributed by atoms with E-state index >= 15 is 0 Å². The normalized spacial score (nSPS) is 13.1. The molecule has 0 amide bonds. The van der Waals surface area contributed by atoms with Gasteiger partial charge in [0.25, 0.3) is 0 Å². The summed E-state index contributed by atoms with van der Waals surface area (Å²) < 4.78 is 12.3. The smallest absolute Gasteiger partial charge is 0.872 e. The van der Waals surface area contributed by atoms with E-state index in [0.717, 1.165) is 48.9 Å². The molecule has 1 N–H and O–H groups in total. The van der Waals surface area contributed by atoms with Crippen LogP contribution in [0.1, 0.15) is 143 Å². The van der Waals surface area contributed by atoms with E-state index in [1.54, 1.807) is 87.5 Å². The maximum absolute atomic E-state index is 14.5. The molecule has 0 spiro atoms. The van der Waals surface area contributed by atoms with Crippen molar-refractivity contribution < 1.29 is 101 Å². The van der Waals surface area contributed by atoms with Crippen molar-refractivity contribution in [2.75, 3.05) is 41.0 Å². The molecule has 8 bridgehead atoms. The van der Waals surface area contributed by atoms with E-state index in [1.165, 1.54) is 79.1 Å². The molecule has 7 aromatic rings. The fourth-order valence-electron chi connectivity index (χ4n) is 8.53. The topological polar surface area (TPSA) is 208 Å². The number of para-hydroxylation sites is 3. The zero-order chi connectivity index (χ0) is 65.5. The molecule has 0 atom stereocenters. The average Bonchev–Trinajstić information content (AvgIpc) is 0.847. The van der Waals surface area contributed by atoms with Crippen LogP contribution in [0.25, 0.3) is 0 Å². The number of ether oxygens (including phenoxy) is 2. The van der Waals surface area contributed by atoms with Crippen molar-refractivity contribution in [2.24, 2.45) is 20.4 Å². The first kappa shape index (κ1) is 79.2. The van der Waals surface area contributed by atoms with Gasteiger partial charge >= 0.3 is 56.4 Å². The minimum Gasteiger partial charge on any atom is -0.872 e. The monoisotopic (exact) mass is 1480 g/mol. The predicted octanol–water partition coefficient (Wildman–Crippen LogP) is 14.7. The molecule has 0 aliphatic carbocycles. The second-order valence-corrected chi connectivity index (χ2v) is 30.1. The molecule has 0 unspecified atom stereocenters. The average molecular weight is 1480 g/mol. The van der Waals surface area contributed by atoms with Crippen LogP contribution in [0.15, 0.2) is 175 Å². The Labute approximate surface area is 593 Å². The molecular weight excluding hydrogens is 1400 g/mol. The summed E-state index contributed by atoms with van der Waals surface area (Å²) in [6.07, 6.45) is 4.69. The molecule has 0 saturated heterocycles. The third-order valence-electron chi connectivity index (χ3n) is 13.7. The quantitative estimate of drug-likeness (QED) is 0.0945. The molecule has 0 saturated carbocycles. The van der Waals surface area contributed by atoms with Gasteiger partial charge in [-0.3, -0.25) is 15.0 Å². The summed E-state index contributed by atoms with van der Waals surface area (Å²) in [5.74, 6) is 1.15. The number of hydrogen-bond acceptors (Lipinski definition) is 16. The number of methoxy groups -OCH3 is 2.